The van der Waals surface area contributed by atoms with Gasteiger partial charge in [-0.05, 0) is 38.6 Å². The minimum atomic E-state index is -3.90. The molecular weight excluding hydrogens is 884 g/mol. The molecule has 5 rings (SSSR count). The second-order valence-corrected chi connectivity index (χ2v) is 15.6. The number of hydrogen-bond acceptors (Lipinski definition) is 9. The van der Waals surface area contributed by atoms with Crippen LogP contribution in [0.2, 0.25) is 0 Å². The molecule has 254 valence electrons. The van der Waals surface area contributed by atoms with Crippen LogP contribution in [0.25, 0.3) is 0 Å². The van der Waals surface area contributed by atoms with Gasteiger partial charge in [-0.15, -0.1) is 10.2 Å². The Morgan fingerprint density at radius 2 is 1.56 bits per heavy atom. The number of imidazole rings is 1. The summed E-state index contributed by atoms with van der Waals surface area (Å²) in [7, 11) is -2.37. The molecule has 0 saturated heterocycles. The van der Waals surface area contributed by atoms with Crippen molar-refractivity contribution >= 4 is 68.1 Å². The third-order valence-corrected chi connectivity index (χ3v) is 11.8. The van der Waals surface area contributed by atoms with Gasteiger partial charge in [0.05, 0.1) is 45.1 Å². The predicted octanol–water partition coefficient (Wildman–Crippen LogP) is 5.63. The molecule has 0 saturated carbocycles. The Hall–Kier alpha value is -2.87. The molecule has 0 aliphatic rings. The van der Waals surface area contributed by atoms with Crippen LogP contribution in [-0.4, -0.2) is 77.6 Å². The highest BCUT2D eigenvalue weighted by Crippen LogP contribution is 2.56. The molecule has 0 fully saturated rings. The number of halogens is 3. The summed E-state index contributed by atoms with van der Waals surface area (Å²) in [6, 6.07) is 19.9. The Balaban J connectivity index is 1.46. The van der Waals surface area contributed by atoms with Crippen molar-refractivity contribution in [2.75, 3.05) is 23.7 Å². The first-order valence-corrected chi connectivity index (χ1v) is 19.6. The Morgan fingerprint density at radius 3 is 2.17 bits per heavy atom. The highest BCUT2D eigenvalue weighted by Gasteiger charge is 2.40. The summed E-state index contributed by atoms with van der Waals surface area (Å²) in [6.07, 6.45) is 3.19. The number of alkyl halides is 2. The minimum absolute atomic E-state index is 0.166. The van der Waals surface area contributed by atoms with Gasteiger partial charge in [-0.2, -0.15) is 0 Å². The first kappa shape index (κ1) is 36.4. The molecular formula is C29H33Br2IN11O4P. The van der Waals surface area contributed by atoms with E-state index < -0.39 is 12.6 Å². The molecule has 2 aromatic carbocycles. The summed E-state index contributed by atoms with van der Waals surface area (Å²) < 4.78 is 31.0. The van der Waals surface area contributed by atoms with Crippen molar-refractivity contribution in [1.82, 2.24) is 48.9 Å². The molecule has 0 bridgehead atoms. The van der Waals surface area contributed by atoms with E-state index in [9.17, 15) is 10.1 Å². The molecule has 5 aromatic rings. The summed E-state index contributed by atoms with van der Waals surface area (Å²) in [5.41, 5.74) is 3.79. The highest BCUT2D eigenvalue weighted by molar-refractivity contribution is 14.1. The first-order chi connectivity index (χ1) is 23.2. The molecule has 19 heteroatoms. The van der Waals surface area contributed by atoms with Crippen LogP contribution in [0.5, 0.6) is 0 Å². The molecule has 3 aromatic heterocycles. The molecule has 3 heterocycles. The van der Waals surface area contributed by atoms with Crippen LogP contribution in [-0.2, 0) is 48.9 Å². The lowest BCUT2D eigenvalue weighted by Crippen LogP contribution is -2.35. The van der Waals surface area contributed by atoms with E-state index in [2.05, 4.69) is 80.1 Å². The van der Waals surface area contributed by atoms with E-state index in [0.29, 0.717) is 53.9 Å². The molecule has 0 amide bonds. The number of hydrogen-bond donors (Lipinski definition) is 0. The van der Waals surface area contributed by atoms with Crippen LogP contribution in [0, 0.1) is 13.8 Å². The van der Waals surface area contributed by atoms with Crippen molar-refractivity contribution in [2.24, 2.45) is 7.05 Å². The van der Waals surface area contributed by atoms with Crippen molar-refractivity contribution in [1.29, 1.82) is 0 Å². The standard InChI is InChI=1S/C29H33Br2IN11O4P/c1-38-26(16-33-29(38)43(44)45)22-47-48(46,40(14-12-30)20-25-19-39(36-34-25)17-23-8-4-2-5-9-23)41(15-13-31)21-27-28(32)42(37-35-27)18-24-10-6-3-7-11-24/h2-11,16,19H,12-15,17-18,20-22H2,1H3. The van der Waals surface area contributed by atoms with E-state index in [4.69, 9.17) is 4.52 Å². The zero-order valence-corrected chi connectivity index (χ0v) is 32.1. The smallest absolute Gasteiger partial charge is 0.390 e. The summed E-state index contributed by atoms with van der Waals surface area (Å²) in [4.78, 5) is 14.8. The third kappa shape index (κ3) is 9.02. The highest BCUT2D eigenvalue weighted by atomic mass is 127. The Labute approximate surface area is 307 Å². The summed E-state index contributed by atoms with van der Waals surface area (Å²) in [5.74, 6) is -0.335. The maximum absolute atomic E-state index is 15.4. The zero-order valence-electron chi connectivity index (χ0n) is 25.9. The molecule has 48 heavy (non-hydrogen) atoms. The van der Waals surface area contributed by atoms with E-state index in [1.807, 2.05) is 66.9 Å². The molecule has 0 N–H and O–H groups in total. The second kappa shape index (κ2) is 17.2. The molecule has 0 aliphatic heterocycles. The minimum Gasteiger partial charge on any atom is -0.390 e. The van der Waals surface area contributed by atoms with Gasteiger partial charge in [0.15, 0.2) is 0 Å². The van der Waals surface area contributed by atoms with Crippen molar-refractivity contribution in [2.45, 2.75) is 32.8 Å². The van der Waals surface area contributed by atoms with Crippen molar-refractivity contribution in [3.05, 3.63) is 115 Å². The lowest BCUT2D eigenvalue weighted by atomic mass is 10.2. The topological polar surface area (TPSA) is 155 Å². The number of rotatable bonds is 18. The number of benzene rings is 2. The van der Waals surface area contributed by atoms with Gasteiger partial charge >= 0.3 is 13.6 Å². The van der Waals surface area contributed by atoms with E-state index in [1.165, 1.54) is 17.8 Å². The van der Waals surface area contributed by atoms with Gasteiger partial charge in [-0.25, -0.2) is 23.3 Å². The average molecular weight is 917 g/mol. The first-order valence-electron chi connectivity index (χ1n) is 14.8. The van der Waals surface area contributed by atoms with Gasteiger partial charge in [0.1, 0.15) is 27.9 Å². The van der Waals surface area contributed by atoms with Gasteiger partial charge in [0, 0.05) is 23.7 Å². The van der Waals surface area contributed by atoms with Gasteiger partial charge in [-0.3, -0.25) is 9.09 Å². The predicted molar refractivity (Wildman–Crippen MR) is 195 cm³/mol. The Bertz CT molecular complexity index is 1840. The maximum atomic E-state index is 15.4. The van der Waals surface area contributed by atoms with Crippen molar-refractivity contribution in [3.63, 3.8) is 0 Å². The number of nitro groups is 1. The molecule has 1 unspecified atom stereocenters. The number of aromatic nitrogens is 8. The quantitative estimate of drug-likeness (QED) is 0.0353. The lowest BCUT2D eigenvalue weighted by molar-refractivity contribution is -0.396. The largest absolute Gasteiger partial charge is 0.434 e. The SMILES string of the molecule is Cn1c(COP(=O)(N(CCBr)Cc2cn(Cc3ccccc3)nn2)N(CCBr)Cc2nnn(Cc3ccccc3)c2I)cnc1[N+](=O)[O-]. The van der Waals surface area contributed by atoms with Gasteiger partial charge in [-0.1, -0.05) is 108 Å². The van der Waals surface area contributed by atoms with E-state index in [1.54, 1.807) is 18.7 Å². The van der Waals surface area contributed by atoms with Crippen LogP contribution in [0.4, 0.5) is 5.95 Å². The van der Waals surface area contributed by atoms with Gasteiger partial charge in [0.2, 0.25) is 0 Å². The lowest BCUT2D eigenvalue weighted by Gasteiger charge is -2.37. The normalized spacial score (nSPS) is 13.0. The summed E-state index contributed by atoms with van der Waals surface area (Å²) >= 11 is 9.28. The fraction of sp³-hybridized carbons (Fsp3) is 0.345. The van der Waals surface area contributed by atoms with Crippen LogP contribution < -0.4 is 0 Å². The van der Waals surface area contributed by atoms with E-state index in [-0.39, 0.29) is 25.6 Å². The third-order valence-electron chi connectivity index (χ3n) is 7.37. The molecule has 0 spiro atoms. The van der Waals surface area contributed by atoms with Crippen LogP contribution in [0.15, 0.2) is 73.1 Å². The number of nitrogens with zero attached hydrogens (tertiary/aromatic N) is 11. The fourth-order valence-electron chi connectivity index (χ4n) is 4.93. The van der Waals surface area contributed by atoms with E-state index in [0.717, 1.165) is 14.8 Å². The summed E-state index contributed by atoms with van der Waals surface area (Å²) in [5, 5.41) is 30.0. The van der Waals surface area contributed by atoms with Crippen LogP contribution >= 0.6 is 62.1 Å². The molecule has 0 radical (unpaired) electrons. The fourth-order valence-corrected chi connectivity index (χ4v) is 9.20. The van der Waals surface area contributed by atoms with Gasteiger partial charge in [0.25, 0.3) is 0 Å². The molecule has 0 aliphatic carbocycles. The zero-order chi connectivity index (χ0) is 34.1. The van der Waals surface area contributed by atoms with Gasteiger partial charge < -0.3 is 10.1 Å². The van der Waals surface area contributed by atoms with Crippen molar-refractivity contribution in [3.8, 4) is 0 Å². The van der Waals surface area contributed by atoms with Crippen LogP contribution in [0.3, 0.4) is 0 Å². The Morgan fingerprint density at radius 1 is 0.938 bits per heavy atom. The summed E-state index contributed by atoms with van der Waals surface area (Å²) in [6.45, 7) is 1.89. The maximum Gasteiger partial charge on any atom is 0.434 e. The Kier molecular flexibility index (Phi) is 13.0. The van der Waals surface area contributed by atoms with E-state index >= 15 is 4.57 Å². The molecule has 1 atom stereocenters. The average Bonchev–Trinajstić information content (AvgIpc) is 3.79. The second-order valence-electron chi connectivity index (χ2n) is 10.6. The van der Waals surface area contributed by atoms with Crippen molar-refractivity contribution < 1.29 is 14.0 Å². The van der Waals surface area contributed by atoms with Crippen LogP contribution in [0.1, 0.15) is 28.2 Å². The molecule has 15 nitrogen and oxygen atoms in total. The monoisotopic (exact) mass is 915 g/mol.